The number of carbonyl (C=O) groups is 2. The van der Waals surface area contributed by atoms with E-state index in [0.29, 0.717) is 5.57 Å². The largest absolute Gasteiger partial charge is 0.358 e. The zero-order valence-electron chi connectivity index (χ0n) is 11.6. The van der Waals surface area contributed by atoms with Gasteiger partial charge in [-0.3, -0.25) is 4.79 Å². The van der Waals surface area contributed by atoms with Crippen LogP contribution in [0.1, 0.15) is 26.7 Å². The van der Waals surface area contributed by atoms with Gasteiger partial charge in [0.05, 0.1) is 0 Å². The second-order valence-electron chi connectivity index (χ2n) is 4.43. The Labute approximate surface area is 108 Å². The molecule has 0 heterocycles. The highest BCUT2D eigenvalue weighted by Gasteiger charge is 2.08. The van der Waals surface area contributed by atoms with Crippen LogP contribution in [-0.2, 0) is 14.4 Å². The zero-order chi connectivity index (χ0) is 14.1. The molecule has 0 bridgehead atoms. The van der Waals surface area contributed by atoms with Crippen molar-refractivity contribution < 1.29 is 14.4 Å². The van der Waals surface area contributed by atoms with Crippen molar-refractivity contribution in [1.29, 1.82) is 0 Å². The molecule has 102 valence electrons. The van der Waals surface area contributed by atoms with E-state index in [-0.39, 0.29) is 5.57 Å². The van der Waals surface area contributed by atoms with Crippen LogP contribution in [0.3, 0.4) is 0 Å². The number of rotatable bonds is 6. The van der Waals surface area contributed by atoms with Crippen LogP contribution in [0.25, 0.3) is 0 Å². The molecule has 18 heavy (non-hydrogen) atoms. The summed E-state index contributed by atoms with van der Waals surface area (Å²) in [4.78, 5) is 29.3. The van der Waals surface area contributed by atoms with E-state index < -0.39 is 11.9 Å². The molecule has 0 aromatic heterocycles. The van der Waals surface area contributed by atoms with Crippen molar-refractivity contribution in [2.75, 3.05) is 20.6 Å². The minimum atomic E-state index is -0.547. The molecule has 0 aliphatic rings. The molecule has 0 fully saturated rings. The predicted octanol–water partition coefficient (Wildman–Crippen LogP) is 1.42. The Bertz CT molecular complexity index is 346. The quantitative estimate of drug-likeness (QED) is 0.442. The molecule has 0 saturated heterocycles. The summed E-state index contributed by atoms with van der Waals surface area (Å²) >= 11 is 0. The van der Waals surface area contributed by atoms with Crippen LogP contribution in [-0.4, -0.2) is 37.4 Å². The molecule has 0 rings (SSSR count). The first-order valence-electron chi connectivity index (χ1n) is 5.83. The molecule has 0 spiro atoms. The van der Waals surface area contributed by atoms with Gasteiger partial charge in [0.2, 0.25) is 0 Å². The van der Waals surface area contributed by atoms with Crippen molar-refractivity contribution >= 4 is 11.9 Å². The molecule has 5 nitrogen and oxygen atoms in total. The molecule has 0 saturated carbocycles. The Hall–Kier alpha value is -1.62. The second-order valence-corrected chi connectivity index (χ2v) is 4.43. The monoisotopic (exact) mass is 254 g/mol. The lowest BCUT2D eigenvalue weighted by Crippen LogP contribution is -2.27. The highest BCUT2D eigenvalue weighted by atomic mass is 16.7. The van der Waals surface area contributed by atoms with E-state index in [1.807, 2.05) is 19.6 Å². The van der Waals surface area contributed by atoms with Crippen LogP contribution >= 0.6 is 0 Å². The van der Waals surface area contributed by atoms with Gasteiger partial charge in [0.15, 0.2) is 0 Å². The number of nitrogens with one attached hydrogen (secondary N) is 1. The third-order valence-corrected chi connectivity index (χ3v) is 2.21. The Morgan fingerprint density at radius 1 is 1.33 bits per heavy atom. The summed E-state index contributed by atoms with van der Waals surface area (Å²) in [6.07, 6.45) is 3.57. The van der Waals surface area contributed by atoms with Crippen molar-refractivity contribution in [1.82, 2.24) is 10.4 Å². The fourth-order valence-corrected chi connectivity index (χ4v) is 1.07. The summed E-state index contributed by atoms with van der Waals surface area (Å²) in [5.74, 6) is -1.04. The molecule has 0 atom stereocenters. The average molecular weight is 254 g/mol. The van der Waals surface area contributed by atoms with Gasteiger partial charge in [0, 0.05) is 11.1 Å². The summed E-state index contributed by atoms with van der Waals surface area (Å²) in [5, 5.41) is 0. The van der Waals surface area contributed by atoms with Crippen LogP contribution in [0, 0.1) is 0 Å². The van der Waals surface area contributed by atoms with Gasteiger partial charge >= 0.3 is 5.97 Å². The molecule has 0 aliphatic heterocycles. The van der Waals surface area contributed by atoms with E-state index >= 15 is 0 Å². The Morgan fingerprint density at radius 3 is 2.44 bits per heavy atom. The van der Waals surface area contributed by atoms with Gasteiger partial charge in [-0.2, -0.15) is 5.48 Å². The highest BCUT2D eigenvalue weighted by Crippen LogP contribution is 2.01. The maximum Gasteiger partial charge on any atom is 0.358 e. The summed E-state index contributed by atoms with van der Waals surface area (Å²) in [7, 11) is 4.00. The first-order valence-corrected chi connectivity index (χ1v) is 5.83. The molecule has 5 heteroatoms. The Kier molecular flexibility index (Phi) is 7.71. The van der Waals surface area contributed by atoms with Gasteiger partial charge in [-0.25, -0.2) is 4.79 Å². The van der Waals surface area contributed by atoms with E-state index in [9.17, 15) is 9.59 Å². The van der Waals surface area contributed by atoms with Gasteiger partial charge in [0.1, 0.15) is 0 Å². The van der Waals surface area contributed by atoms with E-state index in [1.54, 1.807) is 13.0 Å². The molecule has 0 aliphatic carbocycles. The summed E-state index contributed by atoms with van der Waals surface area (Å²) in [6.45, 7) is 7.59. The molecule has 0 aromatic rings. The second kappa shape index (κ2) is 8.47. The minimum Gasteiger partial charge on any atom is -0.335 e. The predicted molar refractivity (Wildman–Crippen MR) is 70.6 cm³/mol. The van der Waals surface area contributed by atoms with E-state index in [2.05, 4.69) is 16.3 Å². The van der Waals surface area contributed by atoms with E-state index in [0.717, 1.165) is 19.4 Å². The molecular formula is C13H22N2O3. The zero-order valence-corrected chi connectivity index (χ0v) is 11.6. The average Bonchev–Trinajstić information content (AvgIpc) is 2.30. The smallest absolute Gasteiger partial charge is 0.335 e. The number of carbonyl (C=O) groups excluding carboxylic acids is 2. The SMILES string of the molecule is C=C(C)C(=O)NOC(=O)C(C)=CCCCN(C)C. The fourth-order valence-electron chi connectivity index (χ4n) is 1.07. The normalized spacial score (nSPS) is 11.3. The minimum absolute atomic E-state index is 0.287. The lowest BCUT2D eigenvalue weighted by Gasteiger charge is -2.08. The molecule has 1 amide bonds. The maximum absolute atomic E-state index is 11.5. The van der Waals surface area contributed by atoms with Crippen molar-refractivity contribution in [2.24, 2.45) is 0 Å². The first kappa shape index (κ1) is 16.4. The summed E-state index contributed by atoms with van der Waals surface area (Å²) in [5.41, 5.74) is 2.80. The van der Waals surface area contributed by atoms with Gasteiger partial charge in [-0.1, -0.05) is 12.7 Å². The van der Waals surface area contributed by atoms with Crippen molar-refractivity contribution in [3.05, 3.63) is 23.8 Å². The first-order chi connectivity index (χ1) is 8.34. The van der Waals surface area contributed by atoms with Crippen molar-refractivity contribution in [3.63, 3.8) is 0 Å². The molecule has 0 aromatic carbocycles. The highest BCUT2D eigenvalue weighted by molar-refractivity contribution is 5.94. The maximum atomic E-state index is 11.5. The third kappa shape index (κ3) is 7.62. The molecule has 0 unspecified atom stereocenters. The lowest BCUT2D eigenvalue weighted by atomic mass is 10.2. The van der Waals surface area contributed by atoms with Gasteiger partial charge in [-0.05, 0) is 47.3 Å². The molecule has 0 radical (unpaired) electrons. The van der Waals surface area contributed by atoms with E-state index in [4.69, 9.17) is 0 Å². The standard InChI is InChI=1S/C13H22N2O3/c1-10(2)12(16)14-18-13(17)11(3)8-6-7-9-15(4)5/h8H,1,6-7,9H2,2-5H3,(H,14,16). The summed E-state index contributed by atoms with van der Waals surface area (Å²) in [6, 6.07) is 0. The fraction of sp³-hybridized carbons (Fsp3) is 0.538. The van der Waals surface area contributed by atoms with E-state index in [1.165, 1.54) is 6.92 Å². The van der Waals surface area contributed by atoms with Crippen LogP contribution in [0.5, 0.6) is 0 Å². The number of hydrogen-bond donors (Lipinski definition) is 1. The van der Waals surface area contributed by atoms with Crippen LogP contribution < -0.4 is 5.48 Å². The Balaban J connectivity index is 3.98. The third-order valence-electron chi connectivity index (χ3n) is 2.21. The topological polar surface area (TPSA) is 58.6 Å². The van der Waals surface area contributed by atoms with Gasteiger partial charge < -0.3 is 9.74 Å². The number of hydroxylamine groups is 1. The molecule has 1 N–H and O–H groups in total. The summed E-state index contributed by atoms with van der Waals surface area (Å²) < 4.78 is 0. The van der Waals surface area contributed by atoms with Crippen LogP contribution in [0.15, 0.2) is 23.8 Å². The van der Waals surface area contributed by atoms with Crippen LogP contribution in [0.2, 0.25) is 0 Å². The van der Waals surface area contributed by atoms with Crippen LogP contribution in [0.4, 0.5) is 0 Å². The van der Waals surface area contributed by atoms with Crippen molar-refractivity contribution in [2.45, 2.75) is 26.7 Å². The number of unbranched alkanes of at least 4 members (excludes halogenated alkanes) is 1. The number of allylic oxidation sites excluding steroid dienone is 1. The number of hydrogen-bond acceptors (Lipinski definition) is 4. The Morgan fingerprint density at radius 2 is 1.94 bits per heavy atom. The molecular weight excluding hydrogens is 232 g/mol. The van der Waals surface area contributed by atoms with Crippen molar-refractivity contribution in [3.8, 4) is 0 Å². The van der Waals surface area contributed by atoms with Gasteiger partial charge in [-0.15, -0.1) is 0 Å². The number of nitrogens with zero attached hydrogens (tertiary/aromatic N) is 1. The number of amides is 1. The lowest BCUT2D eigenvalue weighted by molar-refractivity contribution is -0.152. The van der Waals surface area contributed by atoms with Gasteiger partial charge in [0.25, 0.3) is 5.91 Å².